The van der Waals surface area contributed by atoms with E-state index in [0.29, 0.717) is 16.7 Å². The molecular weight excluding hydrogens is 402 g/mol. The van der Waals surface area contributed by atoms with Gasteiger partial charge in [0.05, 0.1) is 0 Å². The maximum absolute atomic E-state index is 13.5. The number of nitrogens with two attached hydrogens (primary N) is 1. The summed E-state index contributed by atoms with van der Waals surface area (Å²) in [6.07, 6.45) is -5.17. The van der Waals surface area contributed by atoms with E-state index in [1.165, 1.54) is 24.3 Å². The first-order valence-corrected chi connectivity index (χ1v) is 8.37. The second kappa shape index (κ2) is 8.57. The van der Waals surface area contributed by atoms with Gasteiger partial charge in [-0.05, 0) is 42.0 Å². The number of hydrogen-bond acceptors (Lipinski definition) is 3. The molecular formula is C18H16ClF4N3O2. The fraction of sp³-hybridized carbons (Fsp3) is 0.222. The molecule has 1 unspecified atom stereocenters. The standard InChI is InChI=1S/C18H16ClF4N3O2/c19-13-6-4-11(5-7-13)15(27)25-8-9-26-16(28)17(24,18(21,22)23)12-2-1-3-14(20)10-12/h1-7,10H,8-9,24H2,(H,25,27)(H,26,28). The molecule has 0 bridgehead atoms. The second-order valence-corrected chi connectivity index (χ2v) is 6.27. The van der Waals surface area contributed by atoms with Crippen molar-refractivity contribution in [2.24, 2.45) is 5.73 Å². The van der Waals surface area contributed by atoms with Crippen molar-refractivity contribution < 1.29 is 27.2 Å². The second-order valence-electron chi connectivity index (χ2n) is 5.83. The third-order valence-corrected chi connectivity index (χ3v) is 4.14. The molecule has 0 heterocycles. The van der Waals surface area contributed by atoms with Gasteiger partial charge in [-0.2, -0.15) is 13.2 Å². The SMILES string of the molecule is NC(C(=O)NCCNC(=O)c1ccc(Cl)cc1)(c1cccc(F)c1)C(F)(F)F. The Kier molecular flexibility index (Phi) is 6.63. The fourth-order valence-electron chi connectivity index (χ4n) is 2.35. The lowest BCUT2D eigenvalue weighted by Crippen LogP contribution is -2.61. The van der Waals surface area contributed by atoms with Gasteiger partial charge in [0.15, 0.2) is 0 Å². The van der Waals surface area contributed by atoms with E-state index in [2.05, 4.69) is 5.32 Å². The van der Waals surface area contributed by atoms with Crippen LogP contribution in [0, 0.1) is 5.82 Å². The van der Waals surface area contributed by atoms with Crippen molar-refractivity contribution in [1.82, 2.24) is 10.6 Å². The minimum Gasteiger partial charge on any atom is -0.352 e. The molecule has 0 aromatic heterocycles. The highest BCUT2D eigenvalue weighted by Crippen LogP contribution is 2.37. The highest BCUT2D eigenvalue weighted by atomic mass is 35.5. The Balaban J connectivity index is 2.01. The molecule has 1 atom stereocenters. The Morgan fingerprint density at radius 2 is 1.61 bits per heavy atom. The molecule has 0 saturated heterocycles. The molecule has 2 amide bonds. The minimum absolute atomic E-state index is 0.149. The molecule has 150 valence electrons. The summed E-state index contributed by atoms with van der Waals surface area (Å²) in [6.45, 7) is -0.465. The number of carbonyl (C=O) groups excluding carboxylic acids is 2. The molecule has 0 saturated carbocycles. The van der Waals surface area contributed by atoms with E-state index >= 15 is 0 Å². The van der Waals surface area contributed by atoms with Crippen LogP contribution >= 0.6 is 11.6 Å². The monoisotopic (exact) mass is 417 g/mol. The molecule has 10 heteroatoms. The first-order chi connectivity index (χ1) is 13.1. The maximum atomic E-state index is 13.5. The molecule has 0 spiro atoms. The van der Waals surface area contributed by atoms with Gasteiger partial charge in [-0.25, -0.2) is 4.39 Å². The summed E-state index contributed by atoms with van der Waals surface area (Å²) in [5.41, 5.74) is 1.47. The smallest absolute Gasteiger partial charge is 0.352 e. The number of carbonyl (C=O) groups is 2. The molecule has 0 aliphatic rings. The summed E-state index contributed by atoms with van der Waals surface area (Å²) in [6, 6.07) is 9.37. The summed E-state index contributed by atoms with van der Waals surface area (Å²) in [4.78, 5) is 24.1. The van der Waals surface area contributed by atoms with Gasteiger partial charge in [0.25, 0.3) is 11.8 Å². The van der Waals surface area contributed by atoms with Gasteiger partial charge in [-0.3, -0.25) is 9.59 Å². The van der Waals surface area contributed by atoms with Crippen LogP contribution in [0.3, 0.4) is 0 Å². The Hall–Kier alpha value is -2.65. The van der Waals surface area contributed by atoms with Crippen LogP contribution in [0.15, 0.2) is 48.5 Å². The molecule has 2 rings (SSSR count). The van der Waals surface area contributed by atoms with E-state index in [9.17, 15) is 27.2 Å². The number of alkyl halides is 3. The predicted octanol–water partition coefficient (Wildman–Crippen LogP) is 2.74. The predicted molar refractivity (Wildman–Crippen MR) is 95.1 cm³/mol. The van der Waals surface area contributed by atoms with Crippen LogP contribution in [0.2, 0.25) is 5.02 Å². The van der Waals surface area contributed by atoms with Crippen molar-refractivity contribution in [3.05, 3.63) is 70.5 Å². The van der Waals surface area contributed by atoms with Gasteiger partial charge in [0.2, 0.25) is 5.54 Å². The Morgan fingerprint density at radius 1 is 1.00 bits per heavy atom. The zero-order chi connectivity index (χ0) is 20.9. The number of amides is 2. The quantitative estimate of drug-likeness (QED) is 0.499. The molecule has 2 aromatic carbocycles. The van der Waals surface area contributed by atoms with Crippen LogP contribution in [0.4, 0.5) is 17.6 Å². The van der Waals surface area contributed by atoms with Crippen molar-refractivity contribution in [3.63, 3.8) is 0 Å². The van der Waals surface area contributed by atoms with Crippen molar-refractivity contribution in [1.29, 1.82) is 0 Å². The number of rotatable bonds is 6. The average Bonchev–Trinajstić information content (AvgIpc) is 2.63. The summed E-state index contributed by atoms with van der Waals surface area (Å²) >= 11 is 5.71. The Bertz CT molecular complexity index is 859. The highest BCUT2D eigenvalue weighted by Gasteiger charge is 2.59. The van der Waals surface area contributed by atoms with Gasteiger partial charge in [-0.1, -0.05) is 23.7 Å². The lowest BCUT2D eigenvalue weighted by Gasteiger charge is -2.30. The lowest BCUT2D eigenvalue weighted by molar-refractivity contribution is -0.194. The summed E-state index contributed by atoms with van der Waals surface area (Å²) in [5.74, 6) is -3.02. The summed E-state index contributed by atoms with van der Waals surface area (Å²) in [5, 5.41) is 4.89. The largest absolute Gasteiger partial charge is 0.419 e. The first kappa shape index (κ1) is 21.6. The zero-order valence-electron chi connectivity index (χ0n) is 14.3. The molecule has 2 aromatic rings. The van der Waals surface area contributed by atoms with E-state index in [4.69, 9.17) is 17.3 Å². The molecule has 0 aliphatic carbocycles. The number of halogens is 5. The summed E-state index contributed by atoms with van der Waals surface area (Å²) < 4.78 is 53.7. The number of benzene rings is 2. The lowest BCUT2D eigenvalue weighted by atomic mass is 9.89. The molecule has 0 radical (unpaired) electrons. The van der Waals surface area contributed by atoms with E-state index in [-0.39, 0.29) is 13.1 Å². The van der Waals surface area contributed by atoms with Crippen LogP contribution in [0.1, 0.15) is 15.9 Å². The molecule has 5 nitrogen and oxygen atoms in total. The molecule has 28 heavy (non-hydrogen) atoms. The van der Waals surface area contributed by atoms with Crippen LogP contribution in [0.5, 0.6) is 0 Å². The zero-order valence-corrected chi connectivity index (χ0v) is 15.1. The number of hydrogen-bond donors (Lipinski definition) is 3. The van der Waals surface area contributed by atoms with Gasteiger partial charge in [-0.15, -0.1) is 0 Å². The topological polar surface area (TPSA) is 84.2 Å². The van der Waals surface area contributed by atoms with Gasteiger partial charge >= 0.3 is 6.18 Å². The molecule has 4 N–H and O–H groups in total. The van der Waals surface area contributed by atoms with E-state index < -0.39 is 34.9 Å². The fourth-order valence-corrected chi connectivity index (χ4v) is 2.48. The van der Waals surface area contributed by atoms with E-state index in [0.717, 1.165) is 18.2 Å². The number of nitrogens with one attached hydrogen (secondary N) is 2. The normalized spacial score (nSPS) is 13.5. The van der Waals surface area contributed by atoms with Crippen LogP contribution < -0.4 is 16.4 Å². The minimum atomic E-state index is -5.17. The van der Waals surface area contributed by atoms with Crippen LogP contribution in [0.25, 0.3) is 0 Å². The van der Waals surface area contributed by atoms with Crippen molar-refractivity contribution in [2.75, 3.05) is 13.1 Å². The van der Waals surface area contributed by atoms with Gasteiger partial charge < -0.3 is 16.4 Å². The van der Waals surface area contributed by atoms with Gasteiger partial charge in [0, 0.05) is 23.7 Å². The Labute approximate surface area is 162 Å². The third kappa shape index (κ3) is 4.79. The van der Waals surface area contributed by atoms with Crippen molar-refractivity contribution in [3.8, 4) is 0 Å². The highest BCUT2D eigenvalue weighted by molar-refractivity contribution is 6.30. The maximum Gasteiger partial charge on any atom is 0.419 e. The van der Waals surface area contributed by atoms with Crippen LogP contribution in [-0.2, 0) is 10.3 Å². The molecule has 0 aliphatic heterocycles. The van der Waals surface area contributed by atoms with Crippen LogP contribution in [-0.4, -0.2) is 31.1 Å². The van der Waals surface area contributed by atoms with E-state index in [1.54, 1.807) is 0 Å². The van der Waals surface area contributed by atoms with E-state index in [1.807, 2.05) is 5.32 Å². The van der Waals surface area contributed by atoms with Crippen molar-refractivity contribution >= 4 is 23.4 Å². The Morgan fingerprint density at radius 3 is 2.18 bits per heavy atom. The third-order valence-electron chi connectivity index (χ3n) is 3.89. The van der Waals surface area contributed by atoms with Gasteiger partial charge in [0.1, 0.15) is 5.82 Å². The van der Waals surface area contributed by atoms with Crippen molar-refractivity contribution in [2.45, 2.75) is 11.7 Å². The average molecular weight is 418 g/mol. The summed E-state index contributed by atoms with van der Waals surface area (Å²) in [7, 11) is 0. The first-order valence-electron chi connectivity index (χ1n) is 7.99. The molecule has 0 fully saturated rings.